The van der Waals surface area contributed by atoms with Crippen LogP contribution in [0.2, 0.25) is 0 Å². The van der Waals surface area contributed by atoms with Crippen LogP contribution in [-0.2, 0) is 23.9 Å². The van der Waals surface area contributed by atoms with Crippen molar-refractivity contribution in [1.82, 2.24) is 10.2 Å². The van der Waals surface area contributed by atoms with Crippen molar-refractivity contribution >= 4 is 11.6 Å². The van der Waals surface area contributed by atoms with Crippen molar-refractivity contribution in [1.29, 1.82) is 5.26 Å². The van der Waals surface area contributed by atoms with Gasteiger partial charge in [0.1, 0.15) is 5.60 Å². The summed E-state index contributed by atoms with van der Waals surface area (Å²) in [5, 5.41) is 26.8. The maximum Gasteiger partial charge on any atom is 0.417 e. The van der Waals surface area contributed by atoms with E-state index in [4.69, 9.17) is 5.26 Å². The molecule has 9 heteroatoms. The number of hydrogen-bond acceptors (Lipinski definition) is 5. The molecule has 1 unspecified atom stereocenters. The summed E-state index contributed by atoms with van der Waals surface area (Å²) in [7, 11) is 0. The summed E-state index contributed by atoms with van der Waals surface area (Å²) >= 11 is 0. The van der Waals surface area contributed by atoms with Crippen molar-refractivity contribution in [2.75, 3.05) is 31.5 Å². The van der Waals surface area contributed by atoms with Gasteiger partial charge in [0.15, 0.2) is 0 Å². The van der Waals surface area contributed by atoms with E-state index in [1.54, 1.807) is 6.07 Å². The first kappa shape index (κ1) is 27.1. The van der Waals surface area contributed by atoms with Crippen LogP contribution in [0.3, 0.4) is 0 Å². The van der Waals surface area contributed by atoms with Crippen LogP contribution in [-0.4, -0.2) is 47.7 Å². The number of hydrogen-bond donors (Lipinski definition) is 3. The molecule has 0 spiro atoms. The molecule has 0 radical (unpaired) electrons. The average Bonchev–Trinajstić information content (AvgIpc) is 2.89. The Morgan fingerprint density at radius 3 is 2.46 bits per heavy atom. The molecule has 1 amide bonds. The summed E-state index contributed by atoms with van der Waals surface area (Å²) < 4.78 is 40.4. The van der Waals surface area contributed by atoms with E-state index in [0.717, 1.165) is 75.2 Å². The molecule has 6 nitrogen and oxygen atoms in total. The second-order valence-electron chi connectivity index (χ2n) is 10.1. The lowest BCUT2D eigenvalue weighted by Gasteiger charge is -2.37. The first-order valence-corrected chi connectivity index (χ1v) is 12.8. The molecule has 3 N–H and O–H groups in total. The summed E-state index contributed by atoms with van der Waals surface area (Å²) in [6.45, 7) is 4.54. The Morgan fingerprint density at radius 1 is 1.08 bits per heavy atom. The number of halogens is 3. The molecule has 0 aromatic heterocycles. The number of rotatable bonds is 7. The first-order valence-electron chi connectivity index (χ1n) is 12.8. The van der Waals surface area contributed by atoms with Gasteiger partial charge in [-0.05, 0) is 48.1 Å². The molecular formula is C28H33F3N4O2. The van der Waals surface area contributed by atoms with E-state index in [0.29, 0.717) is 12.8 Å². The second kappa shape index (κ2) is 11.6. The van der Waals surface area contributed by atoms with E-state index in [2.05, 4.69) is 15.5 Å². The molecule has 2 aliphatic rings. The van der Waals surface area contributed by atoms with Crippen LogP contribution in [0.1, 0.15) is 54.4 Å². The molecule has 1 aliphatic carbocycles. The number of benzene rings is 2. The van der Waals surface area contributed by atoms with Gasteiger partial charge in [-0.3, -0.25) is 9.69 Å². The molecule has 1 aliphatic heterocycles. The number of carbonyl (C=O) groups is 1. The third-order valence-corrected chi connectivity index (χ3v) is 7.46. The molecule has 4 rings (SSSR count). The number of amides is 1. The summed E-state index contributed by atoms with van der Waals surface area (Å²) in [6.07, 6.45) is -0.523. The summed E-state index contributed by atoms with van der Waals surface area (Å²) in [5.41, 5.74) is -1.61. The number of carbonyl (C=O) groups excluding carboxylic acids is 1. The van der Waals surface area contributed by atoms with Crippen molar-refractivity contribution in [3.8, 4) is 6.07 Å². The highest BCUT2D eigenvalue weighted by atomic mass is 19.4. The van der Waals surface area contributed by atoms with Crippen LogP contribution in [0.4, 0.5) is 18.9 Å². The van der Waals surface area contributed by atoms with Crippen LogP contribution in [0.15, 0.2) is 42.5 Å². The molecule has 198 valence electrons. The monoisotopic (exact) mass is 514 g/mol. The van der Waals surface area contributed by atoms with Crippen molar-refractivity contribution in [3.05, 3.63) is 64.7 Å². The lowest BCUT2D eigenvalue weighted by Crippen LogP contribution is -2.51. The number of alkyl halides is 3. The minimum Gasteiger partial charge on any atom is -0.379 e. The van der Waals surface area contributed by atoms with Gasteiger partial charge in [0, 0.05) is 44.8 Å². The Labute approximate surface area is 215 Å². The fourth-order valence-corrected chi connectivity index (χ4v) is 5.46. The van der Waals surface area contributed by atoms with Gasteiger partial charge in [-0.1, -0.05) is 43.5 Å². The smallest absolute Gasteiger partial charge is 0.379 e. The van der Waals surface area contributed by atoms with Crippen molar-refractivity contribution in [2.24, 2.45) is 5.92 Å². The fraction of sp³-hybridized carbons (Fsp3) is 0.500. The van der Waals surface area contributed by atoms with Gasteiger partial charge in [-0.25, -0.2) is 0 Å². The highest BCUT2D eigenvalue weighted by molar-refractivity contribution is 5.97. The Balaban J connectivity index is 1.58. The molecule has 1 saturated heterocycles. The van der Waals surface area contributed by atoms with E-state index in [1.165, 1.54) is 6.07 Å². The number of nitrogens with one attached hydrogen (secondary N) is 2. The summed E-state index contributed by atoms with van der Waals surface area (Å²) in [6, 6.07) is 12.4. The van der Waals surface area contributed by atoms with Gasteiger partial charge in [-0.15, -0.1) is 0 Å². The number of anilines is 1. The summed E-state index contributed by atoms with van der Waals surface area (Å²) in [5.74, 6) is -1.02. The normalized spacial score (nSPS) is 19.1. The number of nitriles is 1. The predicted molar refractivity (Wildman–Crippen MR) is 135 cm³/mol. The number of nitrogens with zero attached hydrogens (tertiary/aromatic N) is 2. The van der Waals surface area contributed by atoms with Crippen LogP contribution >= 0.6 is 0 Å². The third-order valence-electron chi connectivity index (χ3n) is 7.46. The SMILES string of the molecule is N#Cc1ccc(NC(=O)C(O)(Cc2cccc(CN3CCNCC3)c2)C2CCCCC2)cc1C(F)(F)F. The fourth-order valence-electron chi connectivity index (χ4n) is 5.46. The van der Waals surface area contributed by atoms with E-state index < -0.39 is 28.8 Å². The van der Waals surface area contributed by atoms with E-state index >= 15 is 0 Å². The molecule has 37 heavy (non-hydrogen) atoms. The predicted octanol–water partition coefficient (Wildman–Crippen LogP) is 4.47. The first-order chi connectivity index (χ1) is 17.7. The zero-order valence-corrected chi connectivity index (χ0v) is 20.8. The molecule has 2 aromatic carbocycles. The van der Waals surface area contributed by atoms with Crippen LogP contribution in [0, 0.1) is 17.2 Å². The molecule has 1 heterocycles. The maximum absolute atomic E-state index is 13.5. The minimum atomic E-state index is -4.74. The standard InChI is InChI=1S/C28H33F3N4O2/c29-28(30,31)25-16-24(10-9-22(25)18-32)34-26(36)27(37,23-7-2-1-3-8-23)17-20-5-4-6-21(15-20)19-35-13-11-33-12-14-35/h4-6,9-10,15-16,23,33,37H,1-3,7-8,11-14,17,19H2,(H,34,36). The molecule has 2 aromatic rings. The van der Waals surface area contributed by atoms with Crippen molar-refractivity contribution < 1.29 is 23.1 Å². The molecule has 0 bridgehead atoms. The molecular weight excluding hydrogens is 481 g/mol. The zero-order chi connectivity index (χ0) is 26.5. The topological polar surface area (TPSA) is 88.4 Å². The third kappa shape index (κ3) is 6.69. The molecule has 1 saturated carbocycles. The van der Waals surface area contributed by atoms with Gasteiger partial charge < -0.3 is 15.7 Å². The number of aliphatic hydroxyl groups is 1. The second-order valence-corrected chi connectivity index (χ2v) is 10.1. The minimum absolute atomic E-state index is 0.0707. The zero-order valence-electron chi connectivity index (χ0n) is 20.8. The van der Waals surface area contributed by atoms with E-state index in [1.807, 2.05) is 24.3 Å². The highest BCUT2D eigenvalue weighted by Gasteiger charge is 2.44. The van der Waals surface area contributed by atoms with E-state index in [9.17, 15) is 23.1 Å². The van der Waals surface area contributed by atoms with Crippen molar-refractivity contribution in [3.63, 3.8) is 0 Å². The number of piperazine rings is 1. The molecule has 1 atom stereocenters. The Bertz CT molecular complexity index is 1130. The molecule has 2 fully saturated rings. The van der Waals surface area contributed by atoms with Gasteiger partial charge in [0.25, 0.3) is 5.91 Å². The Morgan fingerprint density at radius 2 is 1.78 bits per heavy atom. The lowest BCUT2D eigenvalue weighted by atomic mass is 9.73. The highest BCUT2D eigenvalue weighted by Crippen LogP contribution is 2.37. The largest absolute Gasteiger partial charge is 0.417 e. The Hall–Kier alpha value is -2.93. The summed E-state index contributed by atoms with van der Waals surface area (Å²) in [4.78, 5) is 15.9. The van der Waals surface area contributed by atoms with Gasteiger partial charge >= 0.3 is 6.18 Å². The van der Waals surface area contributed by atoms with Gasteiger partial charge in [-0.2, -0.15) is 18.4 Å². The maximum atomic E-state index is 13.5. The lowest BCUT2D eigenvalue weighted by molar-refractivity contribution is -0.142. The Kier molecular flexibility index (Phi) is 8.53. The van der Waals surface area contributed by atoms with E-state index in [-0.39, 0.29) is 18.0 Å². The average molecular weight is 515 g/mol. The quantitative estimate of drug-likeness (QED) is 0.507. The van der Waals surface area contributed by atoms with Crippen LogP contribution in [0.25, 0.3) is 0 Å². The van der Waals surface area contributed by atoms with Crippen LogP contribution in [0.5, 0.6) is 0 Å². The van der Waals surface area contributed by atoms with Gasteiger partial charge in [0.05, 0.1) is 17.2 Å². The van der Waals surface area contributed by atoms with Crippen LogP contribution < -0.4 is 10.6 Å². The van der Waals surface area contributed by atoms with Gasteiger partial charge in [0.2, 0.25) is 0 Å². The van der Waals surface area contributed by atoms with Crippen molar-refractivity contribution in [2.45, 2.75) is 56.8 Å².